The Morgan fingerprint density at radius 1 is 1.40 bits per heavy atom. The molecule has 0 saturated carbocycles. The van der Waals surface area contributed by atoms with Gasteiger partial charge >= 0.3 is 0 Å². The van der Waals surface area contributed by atoms with E-state index in [1.807, 2.05) is 37.3 Å². The molecule has 2 unspecified atom stereocenters. The van der Waals surface area contributed by atoms with Crippen molar-refractivity contribution in [2.45, 2.75) is 13.3 Å². The SMILES string of the molecule is CCS(=O)CCNC(=O)C(Cc1ccccc1)C(N)=S. The fourth-order valence-corrected chi connectivity index (χ4v) is 2.54. The molecule has 0 fully saturated rings. The standard InChI is InChI=1S/C14H20N2O2S2/c1-2-20(18)9-8-16-14(17)12(13(15)19)10-11-6-4-3-5-7-11/h3-7,12H,2,8-10H2,1H3,(H2,15,19)(H,16,17). The molecule has 3 N–H and O–H groups in total. The molecule has 0 radical (unpaired) electrons. The van der Waals surface area contributed by atoms with Crippen molar-refractivity contribution >= 4 is 33.9 Å². The topological polar surface area (TPSA) is 72.2 Å². The first-order chi connectivity index (χ1) is 9.54. The number of nitrogens with one attached hydrogen (secondary N) is 1. The second-order valence-corrected chi connectivity index (χ2v) is 6.70. The zero-order valence-corrected chi connectivity index (χ0v) is 13.1. The number of rotatable bonds is 8. The molecule has 6 heteroatoms. The van der Waals surface area contributed by atoms with Crippen LogP contribution in [0, 0.1) is 5.92 Å². The lowest BCUT2D eigenvalue weighted by atomic mass is 9.98. The maximum absolute atomic E-state index is 12.1. The Morgan fingerprint density at radius 3 is 2.60 bits per heavy atom. The lowest BCUT2D eigenvalue weighted by molar-refractivity contribution is -0.122. The highest BCUT2D eigenvalue weighted by Gasteiger charge is 2.21. The maximum atomic E-state index is 12.1. The third-order valence-corrected chi connectivity index (χ3v) is 4.48. The van der Waals surface area contributed by atoms with Gasteiger partial charge in [-0.2, -0.15) is 0 Å². The van der Waals surface area contributed by atoms with Crippen LogP contribution in [0.3, 0.4) is 0 Å². The number of carbonyl (C=O) groups is 1. The number of benzene rings is 1. The minimum atomic E-state index is -0.884. The first kappa shape index (κ1) is 16.8. The van der Waals surface area contributed by atoms with Gasteiger partial charge in [-0.05, 0) is 12.0 Å². The summed E-state index contributed by atoms with van der Waals surface area (Å²) in [7, 11) is -0.884. The van der Waals surface area contributed by atoms with Crippen molar-refractivity contribution < 1.29 is 9.00 Å². The molecule has 1 amide bonds. The van der Waals surface area contributed by atoms with Crippen molar-refractivity contribution in [1.29, 1.82) is 0 Å². The van der Waals surface area contributed by atoms with Crippen LogP contribution in [0.5, 0.6) is 0 Å². The number of carbonyl (C=O) groups excluding carboxylic acids is 1. The van der Waals surface area contributed by atoms with Gasteiger partial charge in [0, 0.05) is 28.9 Å². The Labute approximate surface area is 127 Å². The van der Waals surface area contributed by atoms with E-state index in [9.17, 15) is 9.00 Å². The predicted octanol–water partition coefficient (Wildman–Crippen LogP) is 1.02. The lowest BCUT2D eigenvalue weighted by Gasteiger charge is -2.15. The molecular weight excluding hydrogens is 292 g/mol. The summed E-state index contributed by atoms with van der Waals surface area (Å²) in [5, 5.41) is 2.75. The fraction of sp³-hybridized carbons (Fsp3) is 0.429. The van der Waals surface area contributed by atoms with E-state index in [1.165, 1.54) is 0 Å². The maximum Gasteiger partial charge on any atom is 0.230 e. The summed E-state index contributed by atoms with van der Waals surface area (Å²) in [5.74, 6) is 0.327. The van der Waals surface area contributed by atoms with Crippen LogP contribution in [0.15, 0.2) is 30.3 Å². The highest BCUT2D eigenvalue weighted by atomic mass is 32.2. The summed E-state index contributed by atoms with van der Waals surface area (Å²) in [5.41, 5.74) is 6.67. The summed E-state index contributed by atoms with van der Waals surface area (Å²) in [6.07, 6.45) is 0.485. The van der Waals surface area contributed by atoms with Crippen LogP contribution in [0.2, 0.25) is 0 Å². The third kappa shape index (κ3) is 5.79. The summed E-state index contributed by atoms with van der Waals surface area (Å²) < 4.78 is 11.3. The van der Waals surface area contributed by atoms with Gasteiger partial charge in [-0.25, -0.2) is 0 Å². The quantitative estimate of drug-likeness (QED) is 0.703. The van der Waals surface area contributed by atoms with Crippen LogP contribution in [-0.2, 0) is 22.0 Å². The summed E-state index contributed by atoms with van der Waals surface area (Å²) in [4.78, 5) is 12.3. The molecule has 2 atom stereocenters. The first-order valence-corrected chi connectivity index (χ1v) is 8.40. The van der Waals surface area contributed by atoms with Gasteiger partial charge in [-0.1, -0.05) is 49.5 Å². The van der Waals surface area contributed by atoms with Crippen molar-refractivity contribution in [3.05, 3.63) is 35.9 Å². The van der Waals surface area contributed by atoms with Crippen LogP contribution in [0.25, 0.3) is 0 Å². The highest BCUT2D eigenvalue weighted by molar-refractivity contribution is 7.84. The molecule has 0 aromatic heterocycles. The second kappa shape index (κ2) is 8.81. The molecule has 0 heterocycles. The van der Waals surface area contributed by atoms with Gasteiger partial charge < -0.3 is 11.1 Å². The highest BCUT2D eigenvalue weighted by Crippen LogP contribution is 2.09. The zero-order chi connectivity index (χ0) is 15.0. The van der Waals surface area contributed by atoms with Gasteiger partial charge in [0.15, 0.2) is 0 Å². The predicted molar refractivity (Wildman–Crippen MR) is 87.0 cm³/mol. The van der Waals surface area contributed by atoms with Crippen LogP contribution >= 0.6 is 12.2 Å². The number of thiocarbonyl (C=S) groups is 1. The van der Waals surface area contributed by atoms with Gasteiger partial charge in [0.2, 0.25) is 5.91 Å². The Balaban J connectivity index is 2.55. The van der Waals surface area contributed by atoms with Gasteiger partial charge in [0.25, 0.3) is 0 Å². The molecule has 0 aliphatic heterocycles. The molecule has 1 aromatic carbocycles. The van der Waals surface area contributed by atoms with Crippen LogP contribution in [-0.4, -0.2) is 33.2 Å². The van der Waals surface area contributed by atoms with Gasteiger partial charge in [0.1, 0.15) is 0 Å². The Bertz CT molecular complexity index is 477. The monoisotopic (exact) mass is 312 g/mol. The minimum Gasteiger partial charge on any atom is -0.393 e. The molecule has 0 bridgehead atoms. The van der Waals surface area contributed by atoms with Crippen LogP contribution in [0.4, 0.5) is 0 Å². The summed E-state index contributed by atoms with van der Waals surface area (Å²) >= 11 is 4.97. The third-order valence-electron chi connectivity index (χ3n) is 2.89. The molecule has 4 nitrogen and oxygen atoms in total. The number of hydrogen-bond donors (Lipinski definition) is 2. The van der Waals surface area contributed by atoms with Crippen LogP contribution < -0.4 is 11.1 Å². The number of amides is 1. The average Bonchev–Trinajstić information content (AvgIpc) is 2.45. The lowest BCUT2D eigenvalue weighted by Crippen LogP contribution is -2.40. The molecule has 20 heavy (non-hydrogen) atoms. The Kier molecular flexibility index (Phi) is 7.40. The van der Waals surface area contributed by atoms with E-state index >= 15 is 0 Å². The molecule has 0 saturated heterocycles. The van der Waals surface area contributed by atoms with Gasteiger partial charge in [-0.15, -0.1) is 0 Å². The summed E-state index contributed by atoms with van der Waals surface area (Å²) in [6.45, 7) is 2.23. The van der Waals surface area contributed by atoms with Crippen molar-refractivity contribution in [1.82, 2.24) is 5.32 Å². The largest absolute Gasteiger partial charge is 0.393 e. The smallest absolute Gasteiger partial charge is 0.230 e. The van der Waals surface area contributed by atoms with E-state index < -0.39 is 16.7 Å². The van der Waals surface area contributed by atoms with Gasteiger partial charge in [0.05, 0.1) is 10.9 Å². The van der Waals surface area contributed by atoms with E-state index in [4.69, 9.17) is 18.0 Å². The Morgan fingerprint density at radius 2 is 2.05 bits per heavy atom. The number of nitrogens with two attached hydrogens (primary N) is 1. The molecule has 0 spiro atoms. The second-order valence-electron chi connectivity index (χ2n) is 4.37. The molecule has 1 aromatic rings. The molecule has 110 valence electrons. The molecular formula is C14H20N2O2S2. The zero-order valence-electron chi connectivity index (χ0n) is 11.5. The molecule has 0 aliphatic carbocycles. The van der Waals surface area contributed by atoms with Crippen molar-refractivity contribution in [2.24, 2.45) is 11.7 Å². The van der Waals surface area contributed by atoms with E-state index in [1.54, 1.807) is 0 Å². The number of hydrogen-bond acceptors (Lipinski definition) is 3. The summed E-state index contributed by atoms with van der Waals surface area (Å²) in [6, 6.07) is 9.61. The Hall–Kier alpha value is -1.27. The van der Waals surface area contributed by atoms with Crippen molar-refractivity contribution in [3.63, 3.8) is 0 Å². The average molecular weight is 312 g/mol. The van der Waals surface area contributed by atoms with E-state index in [0.29, 0.717) is 24.5 Å². The van der Waals surface area contributed by atoms with Crippen LogP contribution in [0.1, 0.15) is 12.5 Å². The van der Waals surface area contributed by atoms with Crippen molar-refractivity contribution in [2.75, 3.05) is 18.1 Å². The van der Waals surface area contributed by atoms with Gasteiger partial charge in [-0.3, -0.25) is 9.00 Å². The molecule has 0 aliphatic rings. The van der Waals surface area contributed by atoms with E-state index in [-0.39, 0.29) is 10.9 Å². The van der Waals surface area contributed by atoms with Crippen molar-refractivity contribution in [3.8, 4) is 0 Å². The van der Waals surface area contributed by atoms with E-state index in [0.717, 1.165) is 5.56 Å². The fourth-order valence-electron chi connectivity index (χ4n) is 1.73. The minimum absolute atomic E-state index is 0.183. The normalized spacial score (nSPS) is 13.4. The van der Waals surface area contributed by atoms with E-state index in [2.05, 4.69) is 5.32 Å². The molecule has 1 rings (SSSR count). The first-order valence-electron chi connectivity index (χ1n) is 6.50.